The first kappa shape index (κ1) is 18.9. The van der Waals surface area contributed by atoms with Crippen LogP contribution in [0.4, 0.5) is 5.69 Å². The van der Waals surface area contributed by atoms with Gasteiger partial charge in [-0.25, -0.2) is 0 Å². The molecule has 1 amide bonds. The molecule has 7 heteroatoms. The van der Waals surface area contributed by atoms with Crippen LogP contribution < -0.4 is 10.2 Å². The van der Waals surface area contributed by atoms with Crippen molar-refractivity contribution in [2.24, 2.45) is 0 Å². The van der Waals surface area contributed by atoms with E-state index in [2.05, 4.69) is 44.3 Å². The van der Waals surface area contributed by atoms with Gasteiger partial charge in [-0.3, -0.25) is 9.69 Å². The Morgan fingerprint density at radius 2 is 1.93 bits per heavy atom. The molecule has 150 valence electrons. The smallest absolute Gasteiger partial charge is 0.316 e. The standard InChI is InChI=1S/C21H29N5O2/c1-2-25-14-6-7-18(25)15-22-20(27)21-23-19(24-28-21)16-8-10-17(11-9-16)26-12-4-3-5-13-26/h8-11,18H,2-7,12-15H2,1H3,(H,22,27). The number of nitrogens with zero attached hydrogens (tertiary/aromatic N) is 4. The molecule has 2 fully saturated rings. The summed E-state index contributed by atoms with van der Waals surface area (Å²) in [5, 5.41) is 6.93. The Morgan fingerprint density at radius 3 is 2.68 bits per heavy atom. The van der Waals surface area contributed by atoms with Crippen molar-refractivity contribution in [1.29, 1.82) is 0 Å². The molecule has 0 radical (unpaired) electrons. The summed E-state index contributed by atoms with van der Waals surface area (Å²) in [6.07, 6.45) is 6.13. The number of aromatic nitrogens is 2. The summed E-state index contributed by atoms with van der Waals surface area (Å²) < 4.78 is 5.20. The second-order valence-corrected chi connectivity index (χ2v) is 7.65. The Morgan fingerprint density at radius 1 is 1.14 bits per heavy atom. The number of piperidine rings is 1. The van der Waals surface area contributed by atoms with Crippen molar-refractivity contribution in [3.05, 3.63) is 30.2 Å². The highest BCUT2D eigenvalue weighted by atomic mass is 16.5. The van der Waals surface area contributed by atoms with Crippen molar-refractivity contribution < 1.29 is 9.32 Å². The second kappa shape index (κ2) is 8.73. The van der Waals surface area contributed by atoms with E-state index in [1.54, 1.807) is 0 Å². The molecule has 3 heterocycles. The topological polar surface area (TPSA) is 74.5 Å². The lowest BCUT2D eigenvalue weighted by molar-refractivity contribution is 0.0897. The first-order chi connectivity index (χ1) is 13.7. The molecule has 2 aromatic rings. The number of carbonyl (C=O) groups is 1. The average Bonchev–Trinajstić information content (AvgIpc) is 3.42. The van der Waals surface area contributed by atoms with Crippen LogP contribution in [0.15, 0.2) is 28.8 Å². The highest BCUT2D eigenvalue weighted by molar-refractivity contribution is 5.89. The number of amides is 1. The molecular formula is C21H29N5O2. The summed E-state index contributed by atoms with van der Waals surface area (Å²) in [6.45, 7) is 7.12. The molecule has 2 saturated heterocycles. The quantitative estimate of drug-likeness (QED) is 0.827. The third-order valence-corrected chi connectivity index (χ3v) is 5.87. The van der Waals surface area contributed by atoms with E-state index in [1.807, 2.05) is 12.1 Å². The van der Waals surface area contributed by atoms with Gasteiger partial charge in [0.2, 0.25) is 5.82 Å². The molecular weight excluding hydrogens is 354 g/mol. The maximum atomic E-state index is 12.4. The van der Waals surface area contributed by atoms with Crippen molar-refractivity contribution in [3.63, 3.8) is 0 Å². The molecule has 2 aliphatic heterocycles. The third kappa shape index (κ3) is 4.19. The van der Waals surface area contributed by atoms with Crippen LogP contribution >= 0.6 is 0 Å². The predicted octanol–water partition coefficient (Wildman–Crippen LogP) is 2.94. The number of nitrogens with one attached hydrogen (secondary N) is 1. The highest BCUT2D eigenvalue weighted by Gasteiger charge is 2.24. The molecule has 0 spiro atoms. The Labute approximate surface area is 166 Å². The number of likely N-dealkylation sites (tertiary alicyclic amines) is 1. The van der Waals surface area contributed by atoms with E-state index in [0.717, 1.165) is 38.2 Å². The van der Waals surface area contributed by atoms with Crippen LogP contribution in [0.5, 0.6) is 0 Å². The zero-order chi connectivity index (χ0) is 19.3. The molecule has 7 nitrogen and oxygen atoms in total. The van der Waals surface area contributed by atoms with Crippen LogP contribution in [0.2, 0.25) is 0 Å². The van der Waals surface area contributed by atoms with Crippen molar-refractivity contribution in [3.8, 4) is 11.4 Å². The minimum atomic E-state index is -0.299. The number of likely N-dealkylation sites (N-methyl/N-ethyl adjacent to an activating group) is 1. The minimum absolute atomic E-state index is 0.0242. The first-order valence-electron chi connectivity index (χ1n) is 10.5. The van der Waals surface area contributed by atoms with E-state index in [4.69, 9.17) is 4.52 Å². The Balaban J connectivity index is 1.36. The predicted molar refractivity (Wildman–Crippen MR) is 108 cm³/mol. The van der Waals surface area contributed by atoms with Crippen LogP contribution in [0.3, 0.4) is 0 Å². The van der Waals surface area contributed by atoms with E-state index in [9.17, 15) is 4.79 Å². The second-order valence-electron chi connectivity index (χ2n) is 7.65. The molecule has 0 bridgehead atoms. The number of hydrogen-bond donors (Lipinski definition) is 1. The van der Waals surface area contributed by atoms with Gasteiger partial charge < -0.3 is 14.7 Å². The fourth-order valence-electron chi connectivity index (χ4n) is 4.24. The van der Waals surface area contributed by atoms with Crippen LogP contribution in [-0.4, -0.2) is 59.7 Å². The molecule has 1 aromatic heterocycles. The molecule has 0 saturated carbocycles. The summed E-state index contributed by atoms with van der Waals surface area (Å²) in [4.78, 5) is 21.5. The number of rotatable bonds is 6. The zero-order valence-corrected chi connectivity index (χ0v) is 16.6. The minimum Gasteiger partial charge on any atom is -0.372 e. The van der Waals surface area contributed by atoms with Crippen molar-refractivity contribution in [2.45, 2.75) is 45.1 Å². The zero-order valence-electron chi connectivity index (χ0n) is 16.6. The number of anilines is 1. The Hall–Kier alpha value is -2.41. The van der Waals surface area contributed by atoms with Gasteiger partial charge in [0.05, 0.1) is 0 Å². The molecule has 2 aliphatic rings. The van der Waals surface area contributed by atoms with E-state index >= 15 is 0 Å². The Kier molecular flexibility index (Phi) is 5.90. The summed E-state index contributed by atoms with van der Waals surface area (Å²) in [7, 11) is 0. The van der Waals surface area contributed by atoms with Crippen molar-refractivity contribution in [1.82, 2.24) is 20.4 Å². The lowest BCUT2D eigenvalue weighted by Gasteiger charge is -2.28. The van der Waals surface area contributed by atoms with Crippen LogP contribution in [0.25, 0.3) is 11.4 Å². The van der Waals surface area contributed by atoms with E-state index in [0.29, 0.717) is 18.4 Å². The van der Waals surface area contributed by atoms with Crippen LogP contribution in [-0.2, 0) is 0 Å². The van der Waals surface area contributed by atoms with Gasteiger partial charge in [0, 0.05) is 36.9 Å². The summed E-state index contributed by atoms with van der Waals surface area (Å²) >= 11 is 0. The maximum Gasteiger partial charge on any atom is 0.316 e. The van der Waals surface area contributed by atoms with Gasteiger partial charge in [0.15, 0.2) is 0 Å². The summed E-state index contributed by atoms with van der Waals surface area (Å²) in [6, 6.07) is 8.58. The molecule has 1 N–H and O–H groups in total. The molecule has 1 aromatic carbocycles. The van der Waals surface area contributed by atoms with Crippen LogP contribution in [0, 0.1) is 0 Å². The fourth-order valence-corrected chi connectivity index (χ4v) is 4.24. The monoisotopic (exact) mass is 383 g/mol. The van der Waals surface area contributed by atoms with Gasteiger partial charge in [-0.15, -0.1) is 0 Å². The maximum absolute atomic E-state index is 12.4. The molecule has 4 rings (SSSR count). The highest BCUT2D eigenvalue weighted by Crippen LogP contribution is 2.24. The van der Waals surface area contributed by atoms with E-state index in [-0.39, 0.29) is 11.8 Å². The average molecular weight is 383 g/mol. The van der Waals surface area contributed by atoms with E-state index < -0.39 is 0 Å². The normalized spacial score (nSPS) is 20.5. The lowest BCUT2D eigenvalue weighted by Crippen LogP contribution is -2.40. The summed E-state index contributed by atoms with van der Waals surface area (Å²) in [5.74, 6) is 0.175. The lowest BCUT2D eigenvalue weighted by atomic mass is 10.1. The summed E-state index contributed by atoms with van der Waals surface area (Å²) in [5.41, 5.74) is 2.08. The fraction of sp³-hybridized carbons (Fsp3) is 0.571. The SMILES string of the molecule is CCN1CCCC1CNC(=O)c1nc(-c2ccc(N3CCCCC3)cc2)no1. The molecule has 1 atom stereocenters. The Bertz CT molecular complexity index is 782. The molecule has 0 aliphatic carbocycles. The van der Waals surface area contributed by atoms with Crippen molar-refractivity contribution in [2.75, 3.05) is 37.6 Å². The van der Waals surface area contributed by atoms with Crippen LogP contribution in [0.1, 0.15) is 49.7 Å². The molecule has 28 heavy (non-hydrogen) atoms. The number of carbonyl (C=O) groups excluding carboxylic acids is 1. The number of hydrogen-bond acceptors (Lipinski definition) is 6. The molecule has 1 unspecified atom stereocenters. The third-order valence-electron chi connectivity index (χ3n) is 5.87. The van der Waals surface area contributed by atoms with Gasteiger partial charge in [0.25, 0.3) is 0 Å². The van der Waals surface area contributed by atoms with E-state index in [1.165, 1.54) is 31.4 Å². The first-order valence-corrected chi connectivity index (χ1v) is 10.5. The number of benzene rings is 1. The van der Waals surface area contributed by atoms with Gasteiger partial charge in [-0.2, -0.15) is 4.98 Å². The van der Waals surface area contributed by atoms with Gasteiger partial charge >= 0.3 is 11.8 Å². The largest absolute Gasteiger partial charge is 0.372 e. The van der Waals surface area contributed by atoms with Gasteiger partial charge in [-0.05, 0) is 69.5 Å². The van der Waals surface area contributed by atoms with Crippen molar-refractivity contribution >= 4 is 11.6 Å². The van der Waals surface area contributed by atoms with Gasteiger partial charge in [-0.1, -0.05) is 12.1 Å². The van der Waals surface area contributed by atoms with Gasteiger partial charge in [0.1, 0.15) is 0 Å².